The van der Waals surface area contributed by atoms with E-state index >= 15 is 0 Å². The molecule has 2 N–H and O–H groups in total. The molecule has 0 aromatic carbocycles. The topological polar surface area (TPSA) is 113 Å². The largest absolute Gasteiger partial charge is 0.543 e. The second-order valence-corrected chi connectivity index (χ2v) is 11.6. The number of quaternary nitrogens is 1. The van der Waals surface area contributed by atoms with Gasteiger partial charge in [0.05, 0.1) is 69.5 Å². The van der Waals surface area contributed by atoms with Crippen LogP contribution >= 0.6 is 11.8 Å². The van der Waals surface area contributed by atoms with Gasteiger partial charge in [0.1, 0.15) is 0 Å². The van der Waals surface area contributed by atoms with Gasteiger partial charge in [0, 0.05) is 35.6 Å². The average molecular weight is 467 g/mol. The lowest BCUT2D eigenvalue weighted by atomic mass is 9.79. The van der Waals surface area contributed by atoms with Crippen molar-refractivity contribution in [2.24, 2.45) is 11.8 Å². The van der Waals surface area contributed by atoms with Gasteiger partial charge in [-0.2, -0.15) is 0 Å². The van der Waals surface area contributed by atoms with E-state index in [9.17, 15) is 24.6 Å². The van der Waals surface area contributed by atoms with Gasteiger partial charge in [-0.3, -0.25) is 9.59 Å². The lowest BCUT2D eigenvalue weighted by Gasteiger charge is -2.47. The minimum Gasteiger partial charge on any atom is -0.543 e. The Morgan fingerprint density at radius 3 is 2.66 bits per heavy atom. The summed E-state index contributed by atoms with van der Waals surface area (Å²) in [6.07, 6.45) is 0.775. The maximum Gasteiger partial charge on any atom is 0.239 e. The summed E-state index contributed by atoms with van der Waals surface area (Å²) in [6, 6.07) is -0.614. The fourth-order valence-electron chi connectivity index (χ4n) is 5.58. The molecular weight excluding hydrogens is 432 g/mol. The van der Waals surface area contributed by atoms with Crippen LogP contribution in [0.25, 0.3) is 0 Å². The van der Waals surface area contributed by atoms with Gasteiger partial charge in [-0.05, 0) is 13.3 Å². The summed E-state index contributed by atoms with van der Waals surface area (Å²) in [7, 11) is 4.38. The number of carbonyl (C=O) groups excluding carboxylic acids is 3. The quantitative estimate of drug-likeness (QED) is 0.378. The number of β-lactam (4-membered cyclic amide) rings is 1. The number of nitrogens with zero attached hydrogens (tertiary/aromatic N) is 3. The summed E-state index contributed by atoms with van der Waals surface area (Å²) in [6.45, 7) is 7.58. The lowest BCUT2D eigenvalue weighted by Crippen LogP contribution is -2.64. The molecule has 3 saturated heterocycles. The van der Waals surface area contributed by atoms with E-state index in [1.807, 2.05) is 11.8 Å². The van der Waals surface area contributed by atoms with Crippen LogP contribution in [0, 0.1) is 11.8 Å². The summed E-state index contributed by atoms with van der Waals surface area (Å²) in [5.74, 6) is -2.36. The number of hydrogen-bond acceptors (Lipinski definition) is 7. The van der Waals surface area contributed by atoms with Gasteiger partial charge < -0.3 is 34.6 Å². The number of carbonyl (C=O) groups is 3. The van der Waals surface area contributed by atoms with Crippen molar-refractivity contribution in [1.29, 1.82) is 0 Å². The second-order valence-electron chi connectivity index (χ2n) is 10.3. The van der Waals surface area contributed by atoms with Crippen LogP contribution in [0.2, 0.25) is 0 Å². The van der Waals surface area contributed by atoms with E-state index in [-0.39, 0.29) is 40.8 Å². The Labute approximate surface area is 193 Å². The van der Waals surface area contributed by atoms with Gasteiger partial charge in [0.15, 0.2) is 0 Å². The highest BCUT2D eigenvalue weighted by atomic mass is 32.2. The van der Waals surface area contributed by atoms with Crippen LogP contribution in [0.4, 0.5) is 0 Å². The first kappa shape index (κ1) is 23.5. The van der Waals surface area contributed by atoms with Crippen molar-refractivity contribution in [3.8, 4) is 0 Å². The van der Waals surface area contributed by atoms with E-state index in [0.717, 1.165) is 37.1 Å². The Morgan fingerprint density at radius 2 is 2.00 bits per heavy atom. The molecule has 4 heterocycles. The molecule has 32 heavy (non-hydrogen) atoms. The number of carboxylic acid groups (broad SMARTS) is 1. The fourth-order valence-corrected chi connectivity index (χ4v) is 7.05. The number of likely N-dealkylation sites (N-methyl/N-ethyl adjacent to an activating group) is 1. The number of aliphatic hydroxyl groups excluding tert-OH is 1. The minimum absolute atomic E-state index is 0.0359. The highest BCUT2D eigenvalue weighted by Crippen LogP contribution is 2.51. The molecule has 178 valence electrons. The summed E-state index contributed by atoms with van der Waals surface area (Å²) < 4.78 is 0.919. The summed E-state index contributed by atoms with van der Waals surface area (Å²) in [5, 5.41) is 25.2. The third-order valence-corrected chi connectivity index (χ3v) is 8.97. The predicted molar refractivity (Wildman–Crippen MR) is 118 cm³/mol. The Balaban J connectivity index is 1.42. The number of amides is 2. The van der Waals surface area contributed by atoms with Crippen molar-refractivity contribution in [1.82, 2.24) is 15.1 Å². The number of carboxylic acids is 1. The van der Waals surface area contributed by atoms with Crippen LogP contribution in [0.1, 0.15) is 26.7 Å². The normalized spacial score (nSPS) is 35.4. The smallest absolute Gasteiger partial charge is 0.239 e. The molecule has 0 unspecified atom stereocenters. The molecule has 10 heteroatoms. The van der Waals surface area contributed by atoms with Crippen LogP contribution < -0.4 is 10.4 Å². The van der Waals surface area contributed by atoms with Crippen LogP contribution in [-0.4, -0.2) is 107 Å². The molecule has 0 spiro atoms. The highest BCUT2D eigenvalue weighted by molar-refractivity contribution is 8.03. The number of aliphatic hydroxyl groups is 1. The molecule has 0 bridgehead atoms. The number of thioether (sulfide) groups is 1. The Kier molecular flexibility index (Phi) is 6.34. The molecule has 4 rings (SSSR count). The maximum atomic E-state index is 13.1. The molecule has 4 aliphatic heterocycles. The highest BCUT2D eigenvalue weighted by Gasteiger charge is 2.59. The third kappa shape index (κ3) is 4.06. The number of aliphatic carboxylic acids is 1. The summed E-state index contributed by atoms with van der Waals surface area (Å²) >= 11 is 1.44. The summed E-state index contributed by atoms with van der Waals surface area (Å²) in [5.41, 5.74) is -0.0586. The first-order valence-corrected chi connectivity index (χ1v) is 12.4. The zero-order chi connectivity index (χ0) is 23.4. The number of hydrogen-bond donors (Lipinski definition) is 2. The molecule has 4 aliphatic rings. The SMILES string of the molecule is C[C@@H](O)[C@H]1C(=O)N2C(C(=O)[O-])=C(S[C@@H]3CN[C@H](C(=O)N4CCC[N+](C)(C)CC4)C3)[C@H](C)[C@H]12. The Morgan fingerprint density at radius 1 is 1.28 bits per heavy atom. The average Bonchev–Trinajstić information content (AvgIpc) is 3.20. The molecule has 6 atom stereocenters. The van der Waals surface area contributed by atoms with Gasteiger partial charge in [-0.15, -0.1) is 11.8 Å². The fraction of sp³-hybridized carbons (Fsp3) is 0.773. The van der Waals surface area contributed by atoms with E-state index in [0.29, 0.717) is 17.9 Å². The monoisotopic (exact) mass is 466 g/mol. The molecule has 0 radical (unpaired) electrons. The van der Waals surface area contributed by atoms with Gasteiger partial charge in [-0.1, -0.05) is 6.92 Å². The molecule has 9 nitrogen and oxygen atoms in total. The third-order valence-electron chi connectivity index (χ3n) is 7.46. The van der Waals surface area contributed by atoms with E-state index in [4.69, 9.17) is 0 Å². The first-order valence-electron chi connectivity index (χ1n) is 11.5. The van der Waals surface area contributed by atoms with Crippen molar-refractivity contribution in [3.05, 3.63) is 10.6 Å². The molecule has 3 fully saturated rings. The molecular formula is C22H34N4O5S. The standard InChI is InChI=1S/C22H34N4O5S/c1-12-17-16(13(2)27)21(29)25(17)18(22(30)31)19(12)32-14-10-15(23-11-14)20(28)24-6-5-8-26(3,4)9-7-24/h12-17,23,27H,5-11H2,1-4H3/t12-,13-,14+,15+,16-,17-/m1/s1. The van der Waals surface area contributed by atoms with Gasteiger partial charge in [0.2, 0.25) is 11.8 Å². The minimum atomic E-state index is -1.36. The van der Waals surface area contributed by atoms with E-state index < -0.39 is 18.0 Å². The predicted octanol–water partition coefficient (Wildman–Crippen LogP) is -1.42. The molecule has 2 amide bonds. The number of fused-ring (bicyclic) bond motifs is 1. The Hall–Kier alpha value is -1.62. The van der Waals surface area contributed by atoms with Gasteiger partial charge in [-0.25, -0.2) is 0 Å². The van der Waals surface area contributed by atoms with Crippen LogP contribution in [-0.2, 0) is 14.4 Å². The second kappa shape index (κ2) is 8.62. The van der Waals surface area contributed by atoms with Crippen LogP contribution in [0.5, 0.6) is 0 Å². The van der Waals surface area contributed by atoms with Crippen molar-refractivity contribution < 1.29 is 29.1 Å². The number of rotatable bonds is 5. The van der Waals surface area contributed by atoms with E-state index in [1.165, 1.54) is 16.7 Å². The van der Waals surface area contributed by atoms with Crippen molar-refractivity contribution in [2.45, 2.75) is 50.1 Å². The summed E-state index contributed by atoms with van der Waals surface area (Å²) in [4.78, 5) is 41.4. The van der Waals surface area contributed by atoms with Crippen LogP contribution in [0.15, 0.2) is 10.6 Å². The molecule has 0 aromatic heterocycles. The van der Waals surface area contributed by atoms with Crippen LogP contribution in [0.3, 0.4) is 0 Å². The van der Waals surface area contributed by atoms with E-state index in [2.05, 4.69) is 19.4 Å². The van der Waals surface area contributed by atoms with Crippen molar-refractivity contribution in [2.75, 3.05) is 46.8 Å². The zero-order valence-corrected chi connectivity index (χ0v) is 20.1. The van der Waals surface area contributed by atoms with Gasteiger partial charge in [0.25, 0.3) is 0 Å². The van der Waals surface area contributed by atoms with Gasteiger partial charge >= 0.3 is 0 Å². The lowest BCUT2D eigenvalue weighted by molar-refractivity contribution is -0.888. The maximum absolute atomic E-state index is 13.1. The van der Waals surface area contributed by atoms with Crippen molar-refractivity contribution in [3.63, 3.8) is 0 Å². The van der Waals surface area contributed by atoms with Crippen molar-refractivity contribution >= 4 is 29.5 Å². The van der Waals surface area contributed by atoms with E-state index in [1.54, 1.807) is 6.92 Å². The number of nitrogens with one attached hydrogen (secondary N) is 1. The molecule has 0 saturated carbocycles. The zero-order valence-electron chi connectivity index (χ0n) is 19.2. The Bertz CT molecular complexity index is 844. The first-order chi connectivity index (χ1) is 15.0. The molecule has 0 aromatic rings. The molecule has 0 aliphatic carbocycles.